The Labute approximate surface area is 101 Å². The van der Waals surface area contributed by atoms with Crippen molar-refractivity contribution in [3.05, 3.63) is 66.2 Å². The van der Waals surface area contributed by atoms with Gasteiger partial charge in [0.2, 0.25) is 0 Å². The summed E-state index contributed by atoms with van der Waals surface area (Å²) >= 11 is 0. The second-order valence-corrected chi connectivity index (χ2v) is 2.68. The van der Waals surface area contributed by atoms with Gasteiger partial charge in [0.15, 0.2) is 0 Å². The fraction of sp³-hybridized carbons (Fsp3) is 0. The minimum atomic E-state index is 0. The molecule has 0 amide bonds. The van der Waals surface area contributed by atoms with Crippen molar-refractivity contribution in [2.45, 2.75) is 0 Å². The predicted octanol–water partition coefficient (Wildman–Crippen LogP) is 3.02. The first kappa shape index (κ1) is 13.6. The molecular formula is C13H12FeO. The van der Waals surface area contributed by atoms with Gasteiger partial charge < -0.3 is 4.79 Å². The van der Waals surface area contributed by atoms with Gasteiger partial charge in [-0.1, -0.05) is 6.08 Å². The van der Waals surface area contributed by atoms with Gasteiger partial charge in [-0.3, -0.25) is 0 Å². The molecule has 2 aromatic carbocycles. The second-order valence-electron chi connectivity index (χ2n) is 2.68. The standard InChI is InChI=1S/C8H7O.C5H5.Fe/c9-7-3-6-8-4-1-2-5-8;1-2-4-5-3-1;/h1-7H;1-5H;/q2*-1;+2. The topological polar surface area (TPSA) is 17.1 Å². The summed E-state index contributed by atoms with van der Waals surface area (Å²) in [5.74, 6) is 0. The van der Waals surface area contributed by atoms with Gasteiger partial charge in [0.1, 0.15) is 6.29 Å². The fourth-order valence-corrected chi connectivity index (χ4v) is 0.971. The zero-order valence-corrected chi connectivity index (χ0v) is 9.29. The molecule has 0 spiro atoms. The van der Waals surface area contributed by atoms with Crippen LogP contribution in [-0.4, -0.2) is 6.29 Å². The zero-order valence-electron chi connectivity index (χ0n) is 8.19. The van der Waals surface area contributed by atoms with Crippen LogP contribution in [0.1, 0.15) is 5.56 Å². The summed E-state index contributed by atoms with van der Waals surface area (Å²) in [6, 6.07) is 17.8. The van der Waals surface area contributed by atoms with Crippen molar-refractivity contribution >= 4 is 12.4 Å². The van der Waals surface area contributed by atoms with Crippen LogP contribution in [0.2, 0.25) is 0 Å². The molecule has 2 aromatic rings. The van der Waals surface area contributed by atoms with E-state index in [9.17, 15) is 4.79 Å². The average Bonchev–Trinajstić information content (AvgIpc) is 2.90. The third kappa shape index (κ3) is 6.67. The number of allylic oxidation sites excluding steroid dienone is 1. The molecule has 0 aliphatic heterocycles. The molecular weight excluding hydrogens is 228 g/mol. The van der Waals surface area contributed by atoms with Crippen LogP contribution in [0.5, 0.6) is 0 Å². The molecule has 2 rings (SSSR count). The molecule has 0 saturated carbocycles. The largest absolute Gasteiger partial charge is 2.00 e. The Balaban J connectivity index is 0.000000280. The molecule has 0 aromatic heterocycles. The number of carbonyl (C=O) groups is 1. The van der Waals surface area contributed by atoms with E-state index in [2.05, 4.69) is 0 Å². The van der Waals surface area contributed by atoms with Crippen LogP contribution in [0.4, 0.5) is 0 Å². The number of hydrogen-bond donors (Lipinski definition) is 0. The number of aldehydes is 1. The maximum Gasteiger partial charge on any atom is 2.00 e. The molecule has 0 N–H and O–H groups in total. The third-order valence-corrected chi connectivity index (χ3v) is 1.61. The van der Waals surface area contributed by atoms with Crippen molar-refractivity contribution in [2.75, 3.05) is 0 Å². The van der Waals surface area contributed by atoms with Crippen LogP contribution in [0.15, 0.2) is 60.7 Å². The van der Waals surface area contributed by atoms with E-state index in [0.29, 0.717) is 0 Å². The summed E-state index contributed by atoms with van der Waals surface area (Å²) in [6.07, 6.45) is 4.02. The van der Waals surface area contributed by atoms with E-state index in [1.165, 1.54) is 6.08 Å². The first-order valence-corrected chi connectivity index (χ1v) is 4.44. The monoisotopic (exact) mass is 240 g/mol. The van der Waals surface area contributed by atoms with Gasteiger partial charge in [0.25, 0.3) is 0 Å². The first-order valence-electron chi connectivity index (χ1n) is 4.44. The van der Waals surface area contributed by atoms with Gasteiger partial charge in [0, 0.05) is 0 Å². The molecule has 1 nitrogen and oxygen atoms in total. The smallest absolute Gasteiger partial charge is 0.310 e. The van der Waals surface area contributed by atoms with Gasteiger partial charge in [-0.25, -0.2) is 12.1 Å². The summed E-state index contributed by atoms with van der Waals surface area (Å²) in [4.78, 5) is 9.81. The van der Waals surface area contributed by atoms with E-state index >= 15 is 0 Å². The number of rotatable bonds is 2. The van der Waals surface area contributed by atoms with E-state index in [0.717, 1.165) is 11.8 Å². The minimum Gasteiger partial charge on any atom is -0.310 e. The van der Waals surface area contributed by atoms with E-state index in [-0.39, 0.29) is 17.1 Å². The van der Waals surface area contributed by atoms with Gasteiger partial charge >= 0.3 is 17.1 Å². The molecule has 0 atom stereocenters. The summed E-state index contributed by atoms with van der Waals surface area (Å²) in [5, 5.41) is 0. The Hall–Kier alpha value is -1.37. The van der Waals surface area contributed by atoms with Crippen LogP contribution in [0, 0.1) is 0 Å². The van der Waals surface area contributed by atoms with Crippen LogP contribution in [-0.2, 0) is 21.9 Å². The molecule has 0 aliphatic carbocycles. The Bertz CT molecular complexity index is 327. The van der Waals surface area contributed by atoms with Crippen molar-refractivity contribution in [3.63, 3.8) is 0 Å². The predicted molar refractivity (Wildman–Crippen MR) is 59.2 cm³/mol. The van der Waals surface area contributed by atoms with Crippen molar-refractivity contribution in [1.29, 1.82) is 0 Å². The van der Waals surface area contributed by atoms with Crippen molar-refractivity contribution in [2.24, 2.45) is 0 Å². The molecule has 0 bridgehead atoms. The SMILES string of the molecule is O=CC=C[c-]1cccc1.[Fe+2].c1cc[cH-]c1. The Morgan fingerprint density at radius 1 is 1.00 bits per heavy atom. The Morgan fingerprint density at radius 2 is 1.60 bits per heavy atom. The van der Waals surface area contributed by atoms with Crippen LogP contribution in [0.3, 0.4) is 0 Å². The normalized spacial score (nSPS) is 8.80. The molecule has 0 unspecified atom stereocenters. The first-order chi connectivity index (χ1) is 6.93. The molecule has 78 valence electrons. The third-order valence-electron chi connectivity index (χ3n) is 1.61. The molecule has 0 fully saturated rings. The van der Waals surface area contributed by atoms with Crippen molar-refractivity contribution in [3.8, 4) is 0 Å². The average molecular weight is 240 g/mol. The van der Waals surface area contributed by atoms with E-state index in [1.54, 1.807) is 6.08 Å². The van der Waals surface area contributed by atoms with Crippen molar-refractivity contribution < 1.29 is 21.9 Å². The van der Waals surface area contributed by atoms with Gasteiger partial charge in [-0.05, 0) is 0 Å². The molecule has 0 radical (unpaired) electrons. The molecule has 0 aliphatic rings. The maximum atomic E-state index is 9.81. The Morgan fingerprint density at radius 3 is 2.00 bits per heavy atom. The van der Waals surface area contributed by atoms with E-state index in [4.69, 9.17) is 0 Å². The minimum absolute atomic E-state index is 0. The van der Waals surface area contributed by atoms with Gasteiger partial charge in [0.05, 0.1) is 0 Å². The zero-order chi connectivity index (χ0) is 10.1. The fourth-order valence-electron chi connectivity index (χ4n) is 0.971. The summed E-state index contributed by atoms with van der Waals surface area (Å²) in [6.45, 7) is 0. The molecule has 0 heterocycles. The summed E-state index contributed by atoms with van der Waals surface area (Å²) in [5.41, 5.74) is 1.07. The van der Waals surface area contributed by atoms with Crippen LogP contribution in [0.25, 0.3) is 6.08 Å². The van der Waals surface area contributed by atoms with Gasteiger partial charge in [-0.2, -0.15) is 30.3 Å². The second kappa shape index (κ2) is 9.19. The maximum absolute atomic E-state index is 9.81. The van der Waals surface area contributed by atoms with Crippen LogP contribution >= 0.6 is 0 Å². The number of carbonyl (C=O) groups excluding carboxylic acids is 1. The molecule has 2 heteroatoms. The van der Waals surface area contributed by atoms with Gasteiger partial charge in [-0.15, -0.1) is 23.8 Å². The van der Waals surface area contributed by atoms with Crippen LogP contribution < -0.4 is 0 Å². The molecule has 15 heavy (non-hydrogen) atoms. The van der Waals surface area contributed by atoms with E-state index in [1.807, 2.05) is 54.6 Å². The summed E-state index contributed by atoms with van der Waals surface area (Å²) in [7, 11) is 0. The quantitative estimate of drug-likeness (QED) is 0.341. The van der Waals surface area contributed by atoms with E-state index < -0.39 is 0 Å². The van der Waals surface area contributed by atoms with Crippen molar-refractivity contribution in [1.82, 2.24) is 0 Å². The summed E-state index contributed by atoms with van der Waals surface area (Å²) < 4.78 is 0. The molecule has 0 saturated heterocycles. The Kier molecular flexibility index (Phi) is 8.35. The number of hydrogen-bond acceptors (Lipinski definition) is 1.